The average Bonchev–Trinajstić information content (AvgIpc) is 3.91. The molecule has 0 N–H and O–H groups in total. The summed E-state index contributed by atoms with van der Waals surface area (Å²) in [5.41, 5.74) is 25.0. The van der Waals surface area contributed by atoms with Gasteiger partial charge in [0.15, 0.2) is 0 Å². The monoisotopic (exact) mass is 969 g/mol. The fourth-order valence-corrected chi connectivity index (χ4v) is 13.1. The van der Waals surface area contributed by atoms with Crippen molar-refractivity contribution in [3.8, 4) is 39.1 Å². The summed E-state index contributed by atoms with van der Waals surface area (Å²) in [6.45, 7) is 9.97. The van der Waals surface area contributed by atoms with Crippen molar-refractivity contribution in [3.05, 3.63) is 298 Å². The van der Waals surface area contributed by atoms with E-state index in [1.807, 2.05) is 0 Å². The van der Waals surface area contributed by atoms with Gasteiger partial charge in [-0.2, -0.15) is 0 Å². The number of fused-ring (bicyclic) bond motifs is 7. The molecular weight excluding hydrogens is 907 g/mol. The maximum Gasteiger partial charge on any atom is 0.119 e. The largest absolute Gasteiger partial charge is 0.489 e. The number of hydrogen-bond donors (Lipinski definition) is 0. The predicted molar refractivity (Wildman–Crippen MR) is 312 cm³/mol. The lowest BCUT2D eigenvalue weighted by Gasteiger charge is -2.35. The van der Waals surface area contributed by atoms with Crippen LogP contribution in [0.5, 0.6) is 5.75 Å². The number of ether oxygens (including phenoxy) is 1. The summed E-state index contributed by atoms with van der Waals surface area (Å²) in [6, 6.07) is 88.4. The molecule has 0 fully saturated rings. The highest BCUT2D eigenvalue weighted by Gasteiger charge is 2.46. The summed E-state index contributed by atoms with van der Waals surface area (Å²) in [5.74, 6) is 1.91. The van der Waals surface area contributed by atoms with E-state index in [-0.39, 0.29) is 5.41 Å². The van der Waals surface area contributed by atoms with Crippen molar-refractivity contribution in [1.29, 1.82) is 0 Å². The molecule has 0 aliphatic heterocycles. The Balaban J connectivity index is 0.849. The molecule has 10 aromatic rings. The highest BCUT2D eigenvalue weighted by Crippen LogP contribution is 2.58. The molecule has 75 heavy (non-hydrogen) atoms. The predicted octanol–water partition coefficient (Wildman–Crippen LogP) is 18.9. The van der Waals surface area contributed by atoms with Gasteiger partial charge in [-0.1, -0.05) is 216 Å². The molecule has 0 spiro atoms. The Labute approximate surface area is 444 Å². The zero-order chi connectivity index (χ0) is 50.7. The first-order valence-corrected chi connectivity index (χ1v) is 27.2. The minimum Gasteiger partial charge on any atom is -0.489 e. The van der Waals surface area contributed by atoms with Crippen LogP contribution in [0.3, 0.4) is 0 Å². The quantitative estimate of drug-likeness (QED) is 0.108. The summed E-state index contributed by atoms with van der Waals surface area (Å²) in [6.07, 6.45) is 4.79. The van der Waals surface area contributed by atoms with Crippen LogP contribution in [-0.2, 0) is 30.3 Å². The van der Waals surface area contributed by atoms with Gasteiger partial charge >= 0.3 is 0 Å². The lowest BCUT2D eigenvalue weighted by Crippen LogP contribution is -2.28. The van der Waals surface area contributed by atoms with Crippen molar-refractivity contribution >= 4 is 17.1 Å². The number of rotatable bonds is 14. The van der Waals surface area contributed by atoms with Crippen LogP contribution in [0.25, 0.3) is 33.4 Å². The van der Waals surface area contributed by atoms with Crippen LogP contribution in [-0.4, -0.2) is 0 Å². The van der Waals surface area contributed by atoms with Crippen molar-refractivity contribution in [3.63, 3.8) is 0 Å². The van der Waals surface area contributed by atoms with Gasteiger partial charge in [0.05, 0.1) is 5.41 Å². The first kappa shape index (κ1) is 46.6. The molecule has 0 saturated heterocycles. The zero-order valence-electron chi connectivity index (χ0n) is 43.6. The molecule has 2 nitrogen and oxygen atoms in total. The van der Waals surface area contributed by atoms with E-state index in [4.69, 9.17) is 4.74 Å². The number of hydrogen-bond acceptors (Lipinski definition) is 2. The summed E-state index contributed by atoms with van der Waals surface area (Å²) in [5, 5.41) is 0. The molecule has 0 radical (unpaired) electrons. The SMILES string of the molecule is CCC(CC(C)c1ccc(COc2ccc(C3(c4ccccc4)c4ccccc4-c4ccc(N(c5ccc(-c6ccccc6)cc5)c5ccc6c(c5)C(C)(C)c5ccccc5-6)cc43)cc2)cc1)c1ccc2c(c1)CC2. The first-order chi connectivity index (χ1) is 36.8. The molecule has 3 aliphatic rings. The van der Waals surface area contributed by atoms with E-state index < -0.39 is 5.41 Å². The van der Waals surface area contributed by atoms with Crippen LogP contribution >= 0.6 is 0 Å². The third-order valence-corrected chi connectivity index (χ3v) is 17.3. The average molecular weight is 970 g/mol. The van der Waals surface area contributed by atoms with Gasteiger partial charge in [-0.05, 0) is 181 Å². The maximum absolute atomic E-state index is 6.60. The van der Waals surface area contributed by atoms with Gasteiger partial charge in [0.1, 0.15) is 12.4 Å². The number of aryl methyl sites for hydroxylation is 2. The summed E-state index contributed by atoms with van der Waals surface area (Å²) in [4.78, 5) is 2.47. The van der Waals surface area contributed by atoms with Crippen LogP contribution < -0.4 is 9.64 Å². The van der Waals surface area contributed by atoms with Crippen LogP contribution in [0.2, 0.25) is 0 Å². The molecule has 0 saturated carbocycles. The van der Waals surface area contributed by atoms with E-state index >= 15 is 0 Å². The molecule has 3 atom stereocenters. The van der Waals surface area contributed by atoms with Crippen molar-refractivity contribution in [1.82, 2.24) is 0 Å². The smallest absolute Gasteiger partial charge is 0.119 e. The molecule has 0 aromatic heterocycles. The Kier molecular flexibility index (Phi) is 11.8. The van der Waals surface area contributed by atoms with Crippen LogP contribution in [0.15, 0.2) is 237 Å². The fraction of sp³-hybridized carbons (Fsp3) is 0.178. The third kappa shape index (κ3) is 8.02. The Bertz CT molecular complexity index is 3700. The number of benzene rings is 10. The molecule has 366 valence electrons. The maximum atomic E-state index is 6.60. The van der Waals surface area contributed by atoms with Gasteiger partial charge in [-0.25, -0.2) is 0 Å². The zero-order valence-corrected chi connectivity index (χ0v) is 43.6. The lowest BCUT2D eigenvalue weighted by molar-refractivity contribution is 0.306. The van der Waals surface area contributed by atoms with Gasteiger partial charge in [-0.15, -0.1) is 0 Å². The van der Waals surface area contributed by atoms with E-state index in [1.54, 1.807) is 11.1 Å². The number of nitrogens with zero attached hydrogens (tertiary/aromatic N) is 1. The van der Waals surface area contributed by atoms with E-state index in [0.717, 1.165) is 35.7 Å². The minimum absolute atomic E-state index is 0.145. The van der Waals surface area contributed by atoms with Crippen molar-refractivity contribution in [2.45, 2.75) is 82.7 Å². The molecule has 0 heterocycles. The van der Waals surface area contributed by atoms with Crippen molar-refractivity contribution < 1.29 is 4.74 Å². The standard InChI is InChI=1S/C73H63NO/c1-5-51(56-30-28-55-29-31-57(55)45-56)44-49(2)52-26-24-50(25-27-52)48-75-63-40-34-59(35-41-63)73(58-18-10-7-11-19-58)69-23-15-13-21-65(69)67-43-39-62(47-71(67)73)74(60-36-32-54(33-37-60)53-16-8-6-9-17-53)61-38-42-66-64-20-12-14-22-68(64)72(3,4)70(66)46-61/h6-28,30,32-43,45-47,49,51H,5,29,31,44,48H2,1-4H3. The Morgan fingerprint density at radius 2 is 1.00 bits per heavy atom. The molecule has 3 unspecified atom stereocenters. The second kappa shape index (κ2) is 18.9. The normalized spacial score (nSPS) is 16.1. The minimum atomic E-state index is -0.601. The van der Waals surface area contributed by atoms with E-state index in [0.29, 0.717) is 18.4 Å². The van der Waals surface area contributed by atoms with Gasteiger partial charge in [0, 0.05) is 22.5 Å². The molecular formula is C73H63NO. The van der Waals surface area contributed by atoms with Crippen LogP contribution in [0.4, 0.5) is 17.1 Å². The van der Waals surface area contributed by atoms with Gasteiger partial charge < -0.3 is 9.64 Å². The van der Waals surface area contributed by atoms with E-state index in [9.17, 15) is 0 Å². The summed E-state index contributed by atoms with van der Waals surface area (Å²) in [7, 11) is 0. The Morgan fingerprint density at radius 3 is 1.67 bits per heavy atom. The molecule has 3 aliphatic carbocycles. The highest BCUT2D eigenvalue weighted by molar-refractivity contribution is 5.91. The highest BCUT2D eigenvalue weighted by atomic mass is 16.5. The lowest BCUT2D eigenvalue weighted by atomic mass is 9.67. The third-order valence-electron chi connectivity index (χ3n) is 17.3. The molecule has 0 amide bonds. The molecule has 0 bridgehead atoms. The number of anilines is 3. The molecule has 13 rings (SSSR count). The van der Waals surface area contributed by atoms with Crippen molar-refractivity contribution in [2.75, 3.05) is 4.90 Å². The summed E-state index contributed by atoms with van der Waals surface area (Å²) < 4.78 is 6.60. The second-order valence-electron chi connectivity index (χ2n) is 21.9. The van der Waals surface area contributed by atoms with E-state index in [2.05, 4.69) is 269 Å². The fourth-order valence-electron chi connectivity index (χ4n) is 13.1. The second-order valence-corrected chi connectivity index (χ2v) is 21.9. The van der Waals surface area contributed by atoms with Gasteiger partial charge in [0.25, 0.3) is 0 Å². The van der Waals surface area contributed by atoms with Gasteiger partial charge in [-0.3, -0.25) is 0 Å². The Hall–Kier alpha value is -8.20. The van der Waals surface area contributed by atoms with Crippen molar-refractivity contribution in [2.24, 2.45) is 0 Å². The first-order valence-electron chi connectivity index (χ1n) is 27.2. The molecule has 10 aromatic carbocycles. The van der Waals surface area contributed by atoms with Crippen LogP contribution in [0.1, 0.15) is 114 Å². The molecule has 2 heteroatoms. The topological polar surface area (TPSA) is 12.5 Å². The Morgan fingerprint density at radius 1 is 0.453 bits per heavy atom. The van der Waals surface area contributed by atoms with E-state index in [1.165, 1.54) is 96.3 Å². The van der Waals surface area contributed by atoms with Gasteiger partial charge in [0.2, 0.25) is 0 Å². The van der Waals surface area contributed by atoms with Crippen LogP contribution in [0, 0.1) is 0 Å². The summed E-state index contributed by atoms with van der Waals surface area (Å²) >= 11 is 0.